The molecule has 24 heavy (non-hydrogen) atoms. The zero-order valence-electron chi connectivity index (χ0n) is 14.1. The van der Waals surface area contributed by atoms with Gasteiger partial charge in [-0.2, -0.15) is 0 Å². The zero-order chi connectivity index (χ0) is 17.5. The largest absolute Gasteiger partial charge is 0.451 e. The molecule has 0 bridgehead atoms. The molecule has 130 valence electrons. The van der Waals surface area contributed by atoms with Crippen LogP contribution in [0.1, 0.15) is 30.0 Å². The third-order valence-electron chi connectivity index (χ3n) is 4.14. The molecule has 0 saturated carbocycles. The van der Waals surface area contributed by atoms with Crippen LogP contribution in [0.4, 0.5) is 0 Å². The van der Waals surface area contributed by atoms with Crippen molar-refractivity contribution in [2.45, 2.75) is 31.7 Å². The van der Waals surface area contributed by atoms with Crippen molar-refractivity contribution in [3.8, 4) is 0 Å². The molecule has 1 aromatic carbocycles. The number of carbonyl (C=O) groups is 1. The average molecular weight is 350 g/mol. The van der Waals surface area contributed by atoms with E-state index in [1.54, 1.807) is 23.1 Å². The van der Waals surface area contributed by atoms with Crippen LogP contribution in [0.15, 0.2) is 28.7 Å². The van der Waals surface area contributed by atoms with Gasteiger partial charge in [-0.25, -0.2) is 8.42 Å². The number of benzene rings is 1. The highest BCUT2D eigenvalue weighted by atomic mass is 32.2. The second-order valence-electron chi connectivity index (χ2n) is 6.65. The number of rotatable bonds is 3. The quantitative estimate of drug-likeness (QED) is 0.913. The van der Waals surface area contributed by atoms with E-state index in [4.69, 9.17) is 4.42 Å². The Morgan fingerprint density at radius 3 is 2.50 bits per heavy atom. The van der Waals surface area contributed by atoms with Crippen molar-refractivity contribution in [3.63, 3.8) is 0 Å². The van der Waals surface area contributed by atoms with Gasteiger partial charge in [-0.3, -0.25) is 4.79 Å². The van der Waals surface area contributed by atoms with E-state index in [0.717, 1.165) is 6.26 Å². The van der Waals surface area contributed by atoms with Crippen molar-refractivity contribution in [2.24, 2.45) is 0 Å². The first-order valence-corrected chi connectivity index (χ1v) is 10.0. The van der Waals surface area contributed by atoms with Crippen LogP contribution in [0.25, 0.3) is 11.0 Å². The second-order valence-corrected chi connectivity index (χ2v) is 8.80. The van der Waals surface area contributed by atoms with Crippen LogP contribution in [0, 0.1) is 0 Å². The number of carbonyl (C=O) groups excluding carboxylic acids is 1. The smallest absolute Gasteiger partial charge is 0.290 e. The lowest BCUT2D eigenvalue weighted by Gasteiger charge is -2.35. The number of nitrogens with zero attached hydrogens (tertiary/aromatic N) is 1. The van der Waals surface area contributed by atoms with E-state index in [0.29, 0.717) is 29.6 Å². The number of furan rings is 1. The summed E-state index contributed by atoms with van der Waals surface area (Å²) < 4.78 is 29.4. The van der Waals surface area contributed by atoms with Gasteiger partial charge in [-0.1, -0.05) is 18.2 Å². The molecular weight excluding hydrogens is 328 g/mol. The molecule has 1 amide bonds. The van der Waals surface area contributed by atoms with Gasteiger partial charge in [-0.15, -0.1) is 0 Å². The van der Waals surface area contributed by atoms with Gasteiger partial charge < -0.3 is 14.6 Å². The van der Waals surface area contributed by atoms with E-state index in [-0.39, 0.29) is 29.5 Å². The summed E-state index contributed by atoms with van der Waals surface area (Å²) in [5, 5.41) is 4.06. The summed E-state index contributed by atoms with van der Waals surface area (Å²) in [6.45, 7) is 5.18. The molecule has 3 rings (SSSR count). The van der Waals surface area contributed by atoms with Crippen LogP contribution in [0.2, 0.25) is 0 Å². The number of hydrogen-bond donors (Lipinski definition) is 1. The fraction of sp³-hybridized carbons (Fsp3) is 0.471. The second kappa shape index (κ2) is 6.22. The molecular formula is C17H22N2O4S. The van der Waals surface area contributed by atoms with E-state index in [9.17, 15) is 13.2 Å². The van der Waals surface area contributed by atoms with E-state index in [2.05, 4.69) is 5.32 Å². The average Bonchev–Trinajstić information content (AvgIpc) is 2.82. The maximum absolute atomic E-state index is 13.0. The number of piperazine rings is 1. The Kier molecular flexibility index (Phi) is 4.40. The predicted molar refractivity (Wildman–Crippen MR) is 92.7 cm³/mol. The molecule has 0 radical (unpaired) electrons. The summed E-state index contributed by atoms with van der Waals surface area (Å²) in [7, 11) is -3.29. The number of nitrogens with one attached hydrogen (secondary N) is 1. The Hall–Kier alpha value is -1.86. The first kappa shape index (κ1) is 17.0. The van der Waals surface area contributed by atoms with E-state index in [1.807, 2.05) is 19.9 Å². The molecule has 1 aliphatic heterocycles. The molecule has 2 unspecified atom stereocenters. The molecule has 6 nitrogen and oxygen atoms in total. The lowest BCUT2D eigenvalue weighted by molar-refractivity contribution is 0.0643. The molecule has 7 heteroatoms. The van der Waals surface area contributed by atoms with Crippen LogP contribution < -0.4 is 5.32 Å². The minimum atomic E-state index is -3.29. The Bertz CT molecular complexity index is 862. The van der Waals surface area contributed by atoms with Gasteiger partial charge in [0, 0.05) is 42.4 Å². The molecule has 1 fully saturated rings. The van der Waals surface area contributed by atoms with Crippen molar-refractivity contribution in [3.05, 3.63) is 35.6 Å². The SMILES string of the molecule is CC1CN(C(=O)c2oc3ccccc3c2CS(C)(=O)=O)CC(C)N1. The van der Waals surface area contributed by atoms with Gasteiger partial charge in [-0.05, 0) is 19.9 Å². The van der Waals surface area contributed by atoms with Crippen LogP contribution in [0.3, 0.4) is 0 Å². The number of hydrogen-bond acceptors (Lipinski definition) is 5. The fourth-order valence-corrected chi connectivity index (χ4v) is 4.12. The minimum absolute atomic E-state index is 0.142. The van der Waals surface area contributed by atoms with Gasteiger partial charge in [0.2, 0.25) is 0 Å². The van der Waals surface area contributed by atoms with Gasteiger partial charge >= 0.3 is 0 Å². The summed E-state index contributed by atoms with van der Waals surface area (Å²) in [6, 6.07) is 7.52. The van der Waals surface area contributed by atoms with Crippen LogP contribution in [-0.2, 0) is 15.6 Å². The maximum Gasteiger partial charge on any atom is 0.290 e. The molecule has 0 spiro atoms. The van der Waals surface area contributed by atoms with Crippen LogP contribution in [0.5, 0.6) is 0 Å². The molecule has 1 aromatic heterocycles. The molecule has 2 aromatic rings. The highest BCUT2D eigenvalue weighted by Crippen LogP contribution is 2.29. The first-order valence-electron chi connectivity index (χ1n) is 7.98. The van der Waals surface area contributed by atoms with Gasteiger partial charge in [0.1, 0.15) is 5.58 Å². The van der Waals surface area contributed by atoms with Crippen molar-refractivity contribution in [1.82, 2.24) is 10.2 Å². The van der Waals surface area contributed by atoms with Crippen molar-refractivity contribution in [1.29, 1.82) is 0 Å². The fourth-order valence-electron chi connectivity index (χ4n) is 3.31. The summed E-state index contributed by atoms with van der Waals surface area (Å²) >= 11 is 0. The summed E-state index contributed by atoms with van der Waals surface area (Å²) in [5.41, 5.74) is 0.993. The zero-order valence-corrected chi connectivity index (χ0v) is 14.9. The van der Waals surface area contributed by atoms with Crippen molar-refractivity contribution >= 4 is 26.7 Å². The van der Waals surface area contributed by atoms with E-state index < -0.39 is 9.84 Å². The maximum atomic E-state index is 13.0. The van der Waals surface area contributed by atoms with E-state index >= 15 is 0 Å². The third-order valence-corrected chi connectivity index (χ3v) is 4.96. The minimum Gasteiger partial charge on any atom is -0.451 e. The highest BCUT2D eigenvalue weighted by Gasteiger charge is 2.31. The third kappa shape index (κ3) is 3.47. The van der Waals surface area contributed by atoms with Gasteiger partial charge in [0.15, 0.2) is 15.6 Å². The Morgan fingerprint density at radius 2 is 1.88 bits per heavy atom. The molecule has 1 aliphatic rings. The van der Waals surface area contributed by atoms with Gasteiger partial charge in [0.05, 0.1) is 5.75 Å². The predicted octanol–water partition coefficient (Wildman–Crippen LogP) is 1.80. The Morgan fingerprint density at radius 1 is 1.25 bits per heavy atom. The molecule has 1 N–H and O–H groups in total. The molecule has 2 atom stereocenters. The number of fused-ring (bicyclic) bond motifs is 1. The van der Waals surface area contributed by atoms with Crippen LogP contribution in [-0.4, -0.2) is 50.7 Å². The van der Waals surface area contributed by atoms with E-state index in [1.165, 1.54) is 0 Å². The topological polar surface area (TPSA) is 79.6 Å². The normalized spacial score (nSPS) is 22.0. The van der Waals surface area contributed by atoms with Crippen molar-refractivity contribution in [2.75, 3.05) is 19.3 Å². The van der Waals surface area contributed by atoms with Gasteiger partial charge in [0.25, 0.3) is 5.91 Å². The molecule has 0 aliphatic carbocycles. The Balaban J connectivity index is 2.04. The lowest BCUT2D eigenvalue weighted by Crippen LogP contribution is -2.55. The number of para-hydroxylation sites is 1. The summed E-state index contributed by atoms with van der Waals surface area (Å²) in [4.78, 5) is 14.7. The monoisotopic (exact) mass is 350 g/mol. The summed E-state index contributed by atoms with van der Waals surface area (Å²) in [6.07, 6.45) is 1.16. The van der Waals surface area contributed by atoms with Crippen molar-refractivity contribution < 1.29 is 17.6 Å². The highest BCUT2D eigenvalue weighted by molar-refractivity contribution is 7.89. The standard InChI is InChI=1S/C17H22N2O4S/c1-11-8-19(9-12(2)18-11)17(20)16-14(10-24(3,21)22)13-6-4-5-7-15(13)23-16/h4-7,11-12,18H,8-10H2,1-3H3. The lowest BCUT2D eigenvalue weighted by atomic mass is 10.1. The number of sulfone groups is 1. The first-order chi connectivity index (χ1) is 11.2. The summed E-state index contributed by atoms with van der Waals surface area (Å²) in [5.74, 6) is -0.310. The molecule has 2 heterocycles. The Labute approximate surface area is 141 Å². The number of amides is 1. The molecule has 1 saturated heterocycles. The van der Waals surface area contributed by atoms with Crippen LogP contribution >= 0.6 is 0 Å².